The molecule has 7 N–H and O–H groups in total. The molecule has 2 aromatic heterocycles. The Balaban J connectivity index is 1.73. The minimum Gasteiger partial charge on any atom is -0.390 e. The zero-order valence-electron chi connectivity index (χ0n) is 13.3. The molecule has 0 bridgehead atoms. The van der Waals surface area contributed by atoms with E-state index in [9.17, 15) is 23.9 Å². The lowest BCUT2D eigenvalue weighted by molar-refractivity contribution is -0.0423. The molecule has 1 saturated heterocycles. The Bertz CT molecular complexity index is 1000. The summed E-state index contributed by atoms with van der Waals surface area (Å²) in [4.78, 5) is 48.3. The number of aliphatic hydroxyl groups excluding tert-OH is 1. The second kappa shape index (κ2) is 7.05. The molecule has 3 heterocycles. The number of nitrogens with two attached hydrogens (primary N) is 1. The highest BCUT2D eigenvalue weighted by atomic mass is 31.3. The number of nitrogen functional groups attached to an aromatic ring is 1. The SMILES string of the molecule is Nc1nc2c(ncn2[13C@H]2[13CH2][13CH](O)[13CH]([13CH2]OP(=O)(O)OP(=O)(O)O)O2)c(=O)[nH]1. The van der Waals surface area contributed by atoms with Crippen molar-refractivity contribution in [2.24, 2.45) is 0 Å². The standard InChI is InChI=1S/C10H15N5O10P2/c11-10-13-8-7(9(17)14-10)12-3-15(8)6-1-4(16)5(24-6)2-23-27(21,22)25-26(18,19)20/h3-6,16H,1-2H2,(H,21,22)(H2,18,19,20)(H3,11,13,14,17)/t4?,5?,6-/m1/s1/i1+1,2+1,4+1,5+1,6+1. The number of hydrogen-bond acceptors (Lipinski definition) is 10. The largest absolute Gasteiger partial charge is 0.481 e. The van der Waals surface area contributed by atoms with E-state index in [4.69, 9.17) is 20.3 Å². The molecule has 3 unspecified atom stereocenters. The van der Waals surface area contributed by atoms with Crippen LogP contribution in [0.5, 0.6) is 0 Å². The Hall–Kier alpha value is -1.67. The molecule has 4 atom stereocenters. The van der Waals surface area contributed by atoms with Gasteiger partial charge in [-0.15, -0.1) is 0 Å². The highest BCUT2D eigenvalue weighted by Gasteiger charge is 2.39. The van der Waals surface area contributed by atoms with Gasteiger partial charge in [0, 0.05) is 6.42 Å². The fourth-order valence-corrected chi connectivity index (χ4v) is 4.11. The van der Waals surface area contributed by atoms with E-state index in [2.05, 4.69) is 23.8 Å². The van der Waals surface area contributed by atoms with Gasteiger partial charge in [0.2, 0.25) is 5.95 Å². The molecule has 150 valence electrons. The number of aromatic nitrogens is 4. The van der Waals surface area contributed by atoms with Crippen molar-refractivity contribution >= 4 is 32.8 Å². The zero-order valence-corrected chi connectivity index (χ0v) is 15.1. The van der Waals surface area contributed by atoms with Crippen LogP contribution in [0.2, 0.25) is 0 Å². The number of H-pyrrole nitrogens is 1. The zero-order chi connectivity index (χ0) is 20.0. The molecule has 1 fully saturated rings. The average molecular weight is 432 g/mol. The van der Waals surface area contributed by atoms with Crippen molar-refractivity contribution in [2.45, 2.75) is 24.9 Å². The maximum atomic E-state index is 11.8. The minimum atomic E-state index is -5.26. The maximum Gasteiger partial charge on any atom is 0.481 e. The number of imidazole rings is 1. The van der Waals surface area contributed by atoms with Crippen molar-refractivity contribution < 1.29 is 42.5 Å². The van der Waals surface area contributed by atoms with Crippen LogP contribution >= 0.6 is 15.6 Å². The van der Waals surface area contributed by atoms with Crippen LogP contribution in [0.4, 0.5) is 5.95 Å². The summed E-state index contributed by atoms with van der Waals surface area (Å²) in [5.41, 5.74) is 5.03. The molecule has 17 heteroatoms. The Morgan fingerprint density at radius 2 is 2.11 bits per heavy atom. The number of ether oxygens (including phenoxy) is 1. The van der Waals surface area contributed by atoms with E-state index in [-0.39, 0.29) is 23.5 Å². The highest BCUT2D eigenvalue weighted by Crippen LogP contribution is 2.57. The molecular weight excluding hydrogens is 417 g/mol. The van der Waals surface area contributed by atoms with Crippen molar-refractivity contribution in [2.75, 3.05) is 12.3 Å². The molecule has 3 rings (SSSR count). The Labute approximate surface area is 149 Å². The summed E-state index contributed by atoms with van der Waals surface area (Å²) < 4.78 is 37.0. The normalized spacial score (nSPS) is 25.7. The number of phosphoric ester groups is 1. The van der Waals surface area contributed by atoms with Gasteiger partial charge in [-0.2, -0.15) is 9.29 Å². The van der Waals surface area contributed by atoms with Crippen molar-refractivity contribution in [3.8, 4) is 0 Å². The predicted octanol–water partition coefficient (Wildman–Crippen LogP) is -1.42. The topological polar surface area (TPSA) is 232 Å². The Morgan fingerprint density at radius 1 is 1.41 bits per heavy atom. The number of fused-ring (bicyclic) bond motifs is 1. The Morgan fingerprint density at radius 3 is 2.78 bits per heavy atom. The molecule has 1 aliphatic heterocycles. The maximum absolute atomic E-state index is 11.8. The van der Waals surface area contributed by atoms with Crippen molar-refractivity contribution in [1.82, 2.24) is 19.5 Å². The molecule has 2 aromatic rings. The number of nitrogens with zero attached hydrogens (tertiary/aromatic N) is 3. The molecule has 0 amide bonds. The molecule has 15 nitrogen and oxygen atoms in total. The van der Waals surface area contributed by atoms with Gasteiger partial charge < -0.3 is 30.3 Å². The lowest BCUT2D eigenvalue weighted by atomic mass is 10.5. The monoisotopic (exact) mass is 432 g/mol. The second-order valence-corrected chi connectivity index (χ2v) is 8.37. The average Bonchev–Trinajstić information content (AvgIpc) is 3.06. The summed E-state index contributed by atoms with van der Waals surface area (Å²) in [5.74, 6) is -0.150. The van der Waals surface area contributed by atoms with E-state index in [1.807, 2.05) is 0 Å². The van der Waals surface area contributed by atoms with Gasteiger partial charge in [-0.05, 0) is 0 Å². The number of aromatic amines is 1. The van der Waals surface area contributed by atoms with E-state index in [1.165, 1.54) is 10.9 Å². The quantitative estimate of drug-likeness (QED) is 0.227. The van der Waals surface area contributed by atoms with E-state index in [0.717, 1.165) is 0 Å². The van der Waals surface area contributed by atoms with E-state index in [1.54, 1.807) is 0 Å². The van der Waals surface area contributed by atoms with Gasteiger partial charge in [-0.25, -0.2) is 14.1 Å². The summed E-state index contributed by atoms with van der Waals surface area (Å²) in [7, 11) is -10.3. The van der Waals surface area contributed by atoms with Crippen LogP contribution in [0, 0.1) is 0 Å². The van der Waals surface area contributed by atoms with Crippen LogP contribution in [0.1, 0.15) is 12.6 Å². The summed E-state index contributed by atoms with van der Waals surface area (Å²) in [5, 5.41) is 10.1. The van der Waals surface area contributed by atoms with Gasteiger partial charge in [0.05, 0.1) is 19.0 Å². The van der Waals surface area contributed by atoms with E-state index in [0.29, 0.717) is 0 Å². The molecular formula is C10H15N5O10P2. The van der Waals surface area contributed by atoms with Gasteiger partial charge in [-0.3, -0.25) is 18.9 Å². The summed E-state index contributed by atoms with van der Waals surface area (Å²) in [6.07, 6.45) is -1.91. The van der Waals surface area contributed by atoms with Gasteiger partial charge in [0.15, 0.2) is 11.2 Å². The molecule has 0 spiro atoms. The predicted molar refractivity (Wildman–Crippen MR) is 86.0 cm³/mol. The third kappa shape index (κ3) is 4.60. The smallest absolute Gasteiger partial charge is 0.390 e. The molecule has 0 aromatic carbocycles. The molecule has 1 aliphatic rings. The first-order valence-electron chi connectivity index (χ1n) is 7.25. The van der Waals surface area contributed by atoms with Crippen LogP contribution in [0.25, 0.3) is 11.2 Å². The number of rotatable bonds is 6. The fourth-order valence-electron chi connectivity index (χ4n) is 2.52. The van der Waals surface area contributed by atoms with E-state index >= 15 is 0 Å². The molecule has 0 saturated carbocycles. The third-order valence-electron chi connectivity index (χ3n) is 3.58. The first-order chi connectivity index (χ1) is 12.5. The van der Waals surface area contributed by atoms with Crippen molar-refractivity contribution in [3.63, 3.8) is 0 Å². The number of phosphoric acid groups is 2. The highest BCUT2D eigenvalue weighted by molar-refractivity contribution is 7.60. The lowest BCUT2D eigenvalue weighted by Gasteiger charge is -2.18. The van der Waals surface area contributed by atoms with Crippen LogP contribution in [-0.4, -0.2) is 58.1 Å². The van der Waals surface area contributed by atoms with Crippen molar-refractivity contribution in [3.05, 3.63) is 16.7 Å². The molecule has 0 aliphatic carbocycles. The lowest BCUT2D eigenvalue weighted by Crippen LogP contribution is -2.26. The Kier molecular flexibility index (Phi) is 5.24. The first kappa shape index (κ1) is 20.1. The summed E-state index contributed by atoms with van der Waals surface area (Å²) in [6, 6.07) is 0. The minimum absolute atomic E-state index is 0.00288. The van der Waals surface area contributed by atoms with Gasteiger partial charge >= 0.3 is 15.6 Å². The first-order valence-corrected chi connectivity index (χ1v) is 10.3. The fraction of sp³-hybridized carbons (Fsp3) is 0.500. The molecule has 0 radical (unpaired) electrons. The van der Waals surface area contributed by atoms with Gasteiger partial charge in [0.1, 0.15) is 12.3 Å². The summed E-state index contributed by atoms with van der Waals surface area (Å²) >= 11 is 0. The van der Waals surface area contributed by atoms with E-state index < -0.39 is 46.2 Å². The van der Waals surface area contributed by atoms with Gasteiger partial charge in [0.25, 0.3) is 5.56 Å². The van der Waals surface area contributed by atoms with Crippen LogP contribution in [0.3, 0.4) is 0 Å². The second-order valence-electron chi connectivity index (χ2n) is 5.54. The van der Waals surface area contributed by atoms with Crippen LogP contribution < -0.4 is 11.3 Å². The number of hydrogen-bond donors (Lipinski definition) is 6. The van der Waals surface area contributed by atoms with Crippen LogP contribution in [-0.2, 0) is 22.7 Å². The third-order valence-corrected chi connectivity index (χ3v) is 5.73. The number of anilines is 1. The summed E-state index contributed by atoms with van der Waals surface area (Å²) in [6.45, 7) is -0.700. The van der Waals surface area contributed by atoms with Crippen molar-refractivity contribution in [1.29, 1.82) is 0 Å². The van der Waals surface area contributed by atoms with Gasteiger partial charge in [-0.1, -0.05) is 0 Å². The van der Waals surface area contributed by atoms with Crippen LogP contribution in [0.15, 0.2) is 11.1 Å². The number of aliphatic hydroxyl groups is 1. The molecule has 27 heavy (non-hydrogen) atoms. The number of nitrogens with one attached hydrogen (secondary N) is 1.